The van der Waals surface area contributed by atoms with E-state index < -0.39 is 0 Å². The van der Waals surface area contributed by atoms with E-state index in [-0.39, 0.29) is 5.56 Å². The first kappa shape index (κ1) is 18.4. The number of pyridine rings is 1. The Morgan fingerprint density at radius 3 is 3.00 bits per heavy atom. The normalized spacial score (nSPS) is 13.6. The molecule has 4 heterocycles. The van der Waals surface area contributed by atoms with E-state index in [4.69, 9.17) is 4.98 Å². The third-order valence-corrected chi connectivity index (χ3v) is 7.72. The van der Waals surface area contributed by atoms with Crippen molar-refractivity contribution in [3.63, 3.8) is 0 Å². The highest BCUT2D eigenvalue weighted by Crippen LogP contribution is 2.36. The molecule has 8 heteroatoms. The van der Waals surface area contributed by atoms with Gasteiger partial charge in [-0.15, -0.1) is 11.3 Å². The quantitative estimate of drug-likeness (QED) is 0.299. The van der Waals surface area contributed by atoms with E-state index >= 15 is 0 Å². The zero-order chi connectivity index (χ0) is 19.3. The standard InChI is InChI=1S/C20H19BrN4OS2/c1-2-8-25-19(26)17-14-4-3-5-15(14)28-18(17)23-20(25)27-11-13-10-24-9-12(21)6-7-16(24)22-13/h6-7,9-10H,2-5,8,11H2,1H3. The van der Waals surface area contributed by atoms with Gasteiger partial charge in [-0.3, -0.25) is 9.36 Å². The van der Waals surface area contributed by atoms with Gasteiger partial charge in [0.15, 0.2) is 5.16 Å². The topological polar surface area (TPSA) is 52.2 Å². The van der Waals surface area contributed by atoms with Crippen LogP contribution in [-0.2, 0) is 25.1 Å². The lowest BCUT2D eigenvalue weighted by Crippen LogP contribution is -2.23. The number of thioether (sulfide) groups is 1. The van der Waals surface area contributed by atoms with Gasteiger partial charge in [0, 0.05) is 34.0 Å². The first-order valence-corrected chi connectivity index (χ1v) is 12.0. The Labute approximate surface area is 178 Å². The Morgan fingerprint density at radius 1 is 1.25 bits per heavy atom. The van der Waals surface area contributed by atoms with Crippen molar-refractivity contribution >= 4 is 54.9 Å². The molecule has 0 radical (unpaired) electrons. The minimum atomic E-state index is 0.132. The van der Waals surface area contributed by atoms with Gasteiger partial charge in [0.2, 0.25) is 0 Å². The summed E-state index contributed by atoms with van der Waals surface area (Å²) in [5, 5.41) is 1.67. The van der Waals surface area contributed by atoms with E-state index in [9.17, 15) is 4.79 Å². The number of halogens is 1. The van der Waals surface area contributed by atoms with Crippen LogP contribution in [0.5, 0.6) is 0 Å². The smallest absolute Gasteiger partial charge is 0.263 e. The molecule has 0 aliphatic heterocycles. The second kappa shape index (κ2) is 7.31. The number of hydrogen-bond donors (Lipinski definition) is 0. The second-order valence-electron chi connectivity index (χ2n) is 7.02. The molecule has 0 spiro atoms. The van der Waals surface area contributed by atoms with E-state index in [0.29, 0.717) is 12.3 Å². The van der Waals surface area contributed by atoms with Crippen LogP contribution < -0.4 is 5.56 Å². The van der Waals surface area contributed by atoms with Gasteiger partial charge < -0.3 is 4.40 Å². The van der Waals surface area contributed by atoms with Crippen LogP contribution in [0.1, 0.15) is 35.9 Å². The molecular weight excluding hydrogens is 456 g/mol. The molecule has 0 aromatic carbocycles. The zero-order valence-electron chi connectivity index (χ0n) is 15.4. The molecule has 0 amide bonds. The van der Waals surface area contributed by atoms with Crippen molar-refractivity contribution in [1.82, 2.24) is 18.9 Å². The van der Waals surface area contributed by atoms with Crippen LogP contribution >= 0.6 is 39.0 Å². The average molecular weight is 475 g/mol. The van der Waals surface area contributed by atoms with Crippen LogP contribution in [0.3, 0.4) is 0 Å². The molecule has 0 atom stereocenters. The summed E-state index contributed by atoms with van der Waals surface area (Å²) in [6.07, 6.45) is 8.21. The molecule has 5 nitrogen and oxygen atoms in total. The number of aromatic nitrogens is 4. The van der Waals surface area contributed by atoms with Gasteiger partial charge in [-0.2, -0.15) is 0 Å². The SMILES string of the molecule is CCCn1c(SCc2cn3cc(Br)ccc3n2)nc2sc3c(c2c1=O)CCC3. The lowest BCUT2D eigenvalue weighted by Gasteiger charge is -2.10. The summed E-state index contributed by atoms with van der Waals surface area (Å²) >= 11 is 6.80. The van der Waals surface area contributed by atoms with Crippen molar-refractivity contribution in [2.24, 2.45) is 0 Å². The minimum Gasteiger partial charge on any atom is -0.306 e. The Kier molecular flexibility index (Phi) is 4.80. The molecule has 1 aliphatic rings. The fourth-order valence-electron chi connectivity index (χ4n) is 3.81. The molecule has 144 valence electrons. The molecule has 1 aliphatic carbocycles. The molecule has 4 aromatic rings. The summed E-state index contributed by atoms with van der Waals surface area (Å²) in [4.78, 5) is 25.1. The number of hydrogen-bond acceptors (Lipinski definition) is 5. The molecule has 0 saturated heterocycles. The Bertz CT molecular complexity index is 1260. The maximum atomic E-state index is 13.2. The number of rotatable bonds is 5. The second-order valence-corrected chi connectivity index (χ2v) is 9.96. The Balaban J connectivity index is 1.52. The Hall–Kier alpha value is -1.64. The van der Waals surface area contributed by atoms with Crippen molar-refractivity contribution in [2.45, 2.75) is 50.1 Å². The van der Waals surface area contributed by atoms with Crippen LogP contribution in [0.15, 0.2) is 39.0 Å². The van der Waals surface area contributed by atoms with Crippen molar-refractivity contribution in [3.05, 3.63) is 55.5 Å². The van der Waals surface area contributed by atoms with E-state index in [0.717, 1.165) is 56.9 Å². The van der Waals surface area contributed by atoms with Gasteiger partial charge in [0.05, 0.1) is 11.1 Å². The van der Waals surface area contributed by atoms with Crippen LogP contribution in [0, 0.1) is 0 Å². The molecule has 0 fully saturated rings. The summed E-state index contributed by atoms with van der Waals surface area (Å²) in [6, 6.07) is 3.98. The number of aryl methyl sites for hydroxylation is 2. The monoisotopic (exact) mass is 474 g/mol. The van der Waals surface area contributed by atoms with Crippen LogP contribution in [0.25, 0.3) is 15.9 Å². The van der Waals surface area contributed by atoms with E-state index in [2.05, 4.69) is 27.8 Å². The molecule has 0 bridgehead atoms. The van der Waals surface area contributed by atoms with Gasteiger partial charge in [0.25, 0.3) is 5.56 Å². The third kappa shape index (κ3) is 3.11. The average Bonchev–Trinajstić information content (AvgIpc) is 3.35. The number of fused-ring (bicyclic) bond motifs is 4. The van der Waals surface area contributed by atoms with Crippen molar-refractivity contribution in [1.29, 1.82) is 0 Å². The highest BCUT2D eigenvalue weighted by atomic mass is 79.9. The lowest BCUT2D eigenvalue weighted by atomic mass is 10.2. The predicted octanol–water partition coefficient (Wildman–Crippen LogP) is 5.06. The fourth-order valence-corrected chi connectivity index (χ4v) is 6.38. The largest absolute Gasteiger partial charge is 0.306 e. The van der Waals surface area contributed by atoms with Gasteiger partial charge in [-0.05, 0) is 59.3 Å². The molecule has 28 heavy (non-hydrogen) atoms. The van der Waals surface area contributed by atoms with E-state index in [1.165, 1.54) is 10.4 Å². The highest BCUT2D eigenvalue weighted by molar-refractivity contribution is 9.10. The van der Waals surface area contributed by atoms with Crippen LogP contribution in [0.2, 0.25) is 0 Å². The highest BCUT2D eigenvalue weighted by Gasteiger charge is 2.23. The van der Waals surface area contributed by atoms with E-state index in [1.54, 1.807) is 23.1 Å². The van der Waals surface area contributed by atoms with Crippen molar-refractivity contribution in [2.75, 3.05) is 0 Å². The molecule has 0 N–H and O–H groups in total. The molecular formula is C20H19BrN4OS2. The molecule has 5 rings (SSSR count). The van der Waals surface area contributed by atoms with Crippen LogP contribution in [-0.4, -0.2) is 18.9 Å². The maximum absolute atomic E-state index is 13.2. The molecule has 0 unspecified atom stereocenters. The summed E-state index contributed by atoms with van der Waals surface area (Å²) in [5.41, 5.74) is 3.29. The van der Waals surface area contributed by atoms with Gasteiger partial charge in [-0.25, -0.2) is 9.97 Å². The van der Waals surface area contributed by atoms with Crippen molar-refractivity contribution < 1.29 is 0 Å². The van der Waals surface area contributed by atoms with Gasteiger partial charge in [-0.1, -0.05) is 18.7 Å². The number of imidazole rings is 1. The third-order valence-electron chi connectivity index (χ3n) is 5.05. The first-order valence-electron chi connectivity index (χ1n) is 9.45. The number of thiophene rings is 1. The molecule has 0 saturated carbocycles. The Morgan fingerprint density at radius 2 is 2.14 bits per heavy atom. The van der Waals surface area contributed by atoms with Gasteiger partial charge >= 0.3 is 0 Å². The predicted molar refractivity (Wildman–Crippen MR) is 119 cm³/mol. The summed E-state index contributed by atoms with van der Waals surface area (Å²) in [7, 11) is 0. The number of nitrogens with zero attached hydrogens (tertiary/aromatic N) is 4. The van der Waals surface area contributed by atoms with E-state index in [1.807, 2.05) is 33.5 Å². The maximum Gasteiger partial charge on any atom is 0.263 e. The molecule has 4 aromatic heterocycles. The van der Waals surface area contributed by atoms with Gasteiger partial charge in [0.1, 0.15) is 10.5 Å². The van der Waals surface area contributed by atoms with Crippen LogP contribution in [0.4, 0.5) is 0 Å². The lowest BCUT2D eigenvalue weighted by molar-refractivity contribution is 0.585. The zero-order valence-corrected chi connectivity index (χ0v) is 18.7. The summed E-state index contributed by atoms with van der Waals surface area (Å²) in [6.45, 7) is 2.80. The summed E-state index contributed by atoms with van der Waals surface area (Å²) in [5.74, 6) is 0.687. The van der Waals surface area contributed by atoms with Crippen molar-refractivity contribution in [3.8, 4) is 0 Å². The fraction of sp³-hybridized carbons (Fsp3) is 0.350. The minimum absolute atomic E-state index is 0.132. The first-order chi connectivity index (χ1) is 13.6. The summed E-state index contributed by atoms with van der Waals surface area (Å²) < 4.78 is 4.90.